The van der Waals surface area contributed by atoms with Gasteiger partial charge in [0.1, 0.15) is 5.92 Å². The Kier molecular flexibility index (Phi) is 4.97. The first-order valence-electron chi connectivity index (χ1n) is 5.14. The molecule has 4 nitrogen and oxygen atoms in total. The van der Waals surface area contributed by atoms with Crippen LogP contribution < -0.4 is 11.1 Å². The minimum atomic E-state index is -4.53. The van der Waals surface area contributed by atoms with Gasteiger partial charge >= 0.3 is 6.18 Å². The quantitative estimate of drug-likeness (QED) is 0.335. The molecule has 1 heterocycles. The Hall–Kier alpha value is -1.28. The molecule has 0 fully saturated rings. The van der Waals surface area contributed by atoms with Gasteiger partial charge in [0.05, 0.1) is 0 Å². The smallest absolute Gasteiger partial charge is 0.400 e. The highest BCUT2D eigenvalue weighted by Crippen LogP contribution is 2.26. The van der Waals surface area contributed by atoms with Gasteiger partial charge in [0.15, 0.2) is 5.84 Å². The fraction of sp³-hybridized carbons (Fsp3) is 0.500. The predicted octanol–water partition coefficient (Wildman–Crippen LogP) is 2.07. The number of alkyl halides is 3. The molecule has 4 N–H and O–H groups in total. The highest BCUT2D eigenvalue weighted by atomic mass is 32.1. The molecule has 102 valence electrons. The lowest BCUT2D eigenvalue weighted by Crippen LogP contribution is -2.42. The number of oxime groups is 1. The van der Waals surface area contributed by atoms with Crippen LogP contribution in [0.3, 0.4) is 0 Å². The highest BCUT2D eigenvalue weighted by Gasteiger charge is 2.42. The fourth-order valence-electron chi connectivity index (χ4n) is 1.38. The second-order valence-corrected chi connectivity index (χ2v) is 5.13. The maximum Gasteiger partial charge on any atom is 0.400 e. The van der Waals surface area contributed by atoms with Crippen LogP contribution in [0.1, 0.15) is 9.75 Å². The topological polar surface area (TPSA) is 70.6 Å². The van der Waals surface area contributed by atoms with Gasteiger partial charge in [-0.1, -0.05) is 5.16 Å². The van der Waals surface area contributed by atoms with E-state index in [2.05, 4.69) is 10.5 Å². The van der Waals surface area contributed by atoms with Gasteiger partial charge in [-0.3, -0.25) is 0 Å². The Morgan fingerprint density at radius 2 is 2.22 bits per heavy atom. The lowest BCUT2D eigenvalue weighted by Gasteiger charge is -2.19. The molecule has 8 heteroatoms. The second kappa shape index (κ2) is 6.05. The highest BCUT2D eigenvalue weighted by molar-refractivity contribution is 7.11. The number of hydrogen-bond donors (Lipinski definition) is 3. The number of halogens is 3. The summed E-state index contributed by atoms with van der Waals surface area (Å²) in [5.41, 5.74) is 5.03. The monoisotopic (exact) mass is 281 g/mol. The summed E-state index contributed by atoms with van der Waals surface area (Å²) in [6.07, 6.45) is -4.53. The van der Waals surface area contributed by atoms with Crippen molar-refractivity contribution < 1.29 is 18.4 Å². The average molecular weight is 281 g/mol. The molecule has 0 aliphatic heterocycles. The Morgan fingerprint density at radius 1 is 1.56 bits per heavy atom. The van der Waals surface area contributed by atoms with Crippen LogP contribution in [0.5, 0.6) is 0 Å². The Morgan fingerprint density at radius 3 is 2.67 bits per heavy atom. The van der Waals surface area contributed by atoms with E-state index in [0.29, 0.717) is 6.54 Å². The summed E-state index contributed by atoms with van der Waals surface area (Å²) in [7, 11) is 0. The van der Waals surface area contributed by atoms with Crippen LogP contribution in [0.2, 0.25) is 0 Å². The van der Waals surface area contributed by atoms with Crippen LogP contribution in [0, 0.1) is 12.8 Å². The molecular formula is C10H14F3N3OS. The average Bonchev–Trinajstić information content (AvgIpc) is 2.68. The lowest BCUT2D eigenvalue weighted by molar-refractivity contribution is -0.154. The number of nitrogens with one attached hydrogen (secondary N) is 1. The van der Waals surface area contributed by atoms with Gasteiger partial charge in [0.25, 0.3) is 0 Å². The maximum absolute atomic E-state index is 12.6. The maximum atomic E-state index is 12.6. The standard InChI is InChI=1S/C10H14F3N3OS/c1-6-2-3-7(18-6)4-15-5-8(9(14)16-17)10(11,12)13/h2-3,8,15,17H,4-5H2,1H3,(H2,14,16). The zero-order valence-electron chi connectivity index (χ0n) is 9.66. The van der Waals surface area contributed by atoms with Crippen LogP contribution in [0.25, 0.3) is 0 Å². The Bertz CT molecular complexity index is 417. The number of nitrogens with two attached hydrogens (primary N) is 1. The van der Waals surface area contributed by atoms with Crippen LogP contribution in [0.4, 0.5) is 13.2 Å². The number of thiophene rings is 1. The molecule has 0 amide bonds. The van der Waals surface area contributed by atoms with E-state index in [1.54, 1.807) is 0 Å². The normalized spacial score (nSPS) is 14.8. The predicted molar refractivity (Wildman–Crippen MR) is 63.7 cm³/mol. The molecule has 0 saturated heterocycles. The summed E-state index contributed by atoms with van der Waals surface area (Å²) in [5, 5.41) is 13.4. The van der Waals surface area contributed by atoms with Crippen molar-refractivity contribution in [1.29, 1.82) is 0 Å². The molecule has 0 radical (unpaired) electrons. The molecule has 0 aliphatic carbocycles. The first-order chi connectivity index (χ1) is 8.34. The van der Waals surface area contributed by atoms with E-state index in [4.69, 9.17) is 10.9 Å². The van der Waals surface area contributed by atoms with E-state index < -0.39 is 24.5 Å². The number of aryl methyl sites for hydroxylation is 1. The molecule has 0 aliphatic rings. The summed E-state index contributed by atoms with van der Waals surface area (Å²) in [6.45, 7) is 1.82. The third-order valence-electron chi connectivity index (χ3n) is 2.31. The number of hydrogen-bond acceptors (Lipinski definition) is 4. The van der Waals surface area contributed by atoms with Crippen LogP contribution in [-0.4, -0.2) is 23.8 Å². The SMILES string of the molecule is Cc1ccc(CNCC(/C(N)=N/O)C(F)(F)F)s1. The molecule has 0 saturated carbocycles. The minimum Gasteiger partial charge on any atom is -0.409 e. The van der Waals surface area contributed by atoms with Crippen LogP contribution in [0.15, 0.2) is 17.3 Å². The fourth-order valence-corrected chi connectivity index (χ4v) is 2.24. The first-order valence-corrected chi connectivity index (χ1v) is 5.96. The molecule has 0 spiro atoms. The molecule has 18 heavy (non-hydrogen) atoms. The molecule has 1 aromatic heterocycles. The molecule has 1 rings (SSSR count). The van der Waals surface area contributed by atoms with Gasteiger partial charge in [0.2, 0.25) is 0 Å². The van der Waals surface area contributed by atoms with Crippen molar-refractivity contribution in [3.63, 3.8) is 0 Å². The van der Waals surface area contributed by atoms with Crippen LogP contribution in [-0.2, 0) is 6.54 Å². The summed E-state index contributed by atoms with van der Waals surface area (Å²) in [5.74, 6) is -2.82. The Balaban J connectivity index is 2.53. The third kappa shape index (κ3) is 4.19. The van der Waals surface area contributed by atoms with Crippen LogP contribution >= 0.6 is 11.3 Å². The Labute approximate surface area is 106 Å². The molecule has 0 aromatic carbocycles. The van der Waals surface area contributed by atoms with Gasteiger partial charge in [-0.05, 0) is 19.1 Å². The first kappa shape index (κ1) is 14.8. The van der Waals surface area contributed by atoms with Crippen molar-refractivity contribution in [2.45, 2.75) is 19.6 Å². The molecule has 0 bridgehead atoms. The summed E-state index contributed by atoms with van der Waals surface area (Å²) in [4.78, 5) is 2.03. The van der Waals surface area contributed by atoms with Gasteiger partial charge in [-0.2, -0.15) is 13.2 Å². The van der Waals surface area contributed by atoms with Crippen molar-refractivity contribution in [1.82, 2.24) is 5.32 Å². The zero-order chi connectivity index (χ0) is 13.8. The summed E-state index contributed by atoms with van der Waals surface area (Å²) in [6, 6.07) is 3.74. The van der Waals surface area contributed by atoms with Crippen molar-refractivity contribution in [3.8, 4) is 0 Å². The van der Waals surface area contributed by atoms with Gasteiger partial charge in [-0.15, -0.1) is 11.3 Å². The van der Waals surface area contributed by atoms with E-state index in [9.17, 15) is 13.2 Å². The van der Waals surface area contributed by atoms with E-state index in [0.717, 1.165) is 9.75 Å². The summed E-state index contributed by atoms with van der Waals surface area (Å²) < 4.78 is 37.7. The zero-order valence-corrected chi connectivity index (χ0v) is 10.5. The van der Waals surface area contributed by atoms with Crippen molar-refractivity contribution in [2.24, 2.45) is 16.8 Å². The largest absolute Gasteiger partial charge is 0.409 e. The van der Waals surface area contributed by atoms with E-state index in [-0.39, 0.29) is 0 Å². The van der Waals surface area contributed by atoms with E-state index >= 15 is 0 Å². The van der Waals surface area contributed by atoms with E-state index in [1.165, 1.54) is 11.3 Å². The van der Waals surface area contributed by atoms with Crippen molar-refractivity contribution in [3.05, 3.63) is 21.9 Å². The van der Waals surface area contributed by atoms with Crippen molar-refractivity contribution >= 4 is 17.2 Å². The van der Waals surface area contributed by atoms with Gasteiger partial charge in [-0.25, -0.2) is 0 Å². The number of rotatable bonds is 5. The molecule has 1 aromatic rings. The van der Waals surface area contributed by atoms with Gasteiger partial charge in [0, 0.05) is 22.8 Å². The molecular weight excluding hydrogens is 267 g/mol. The summed E-state index contributed by atoms with van der Waals surface area (Å²) >= 11 is 1.51. The number of nitrogens with zero attached hydrogens (tertiary/aromatic N) is 1. The van der Waals surface area contributed by atoms with Crippen molar-refractivity contribution in [2.75, 3.05) is 6.54 Å². The molecule has 1 atom stereocenters. The number of amidine groups is 1. The lowest BCUT2D eigenvalue weighted by atomic mass is 10.1. The third-order valence-corrected chi connectivity index (χ3v) is 3.31. The van der Waals surface area contributed by atoms with E-state index in [1.807, 2.05) is 19.1 Å². The van der Waals surface area contributed by atoms with Gasteiger partial charge < -0.3 is 16.3 Å². The molecule has 1 unspecified atom stereocenters. The minimum absolute atomic E-state index is 0.323. The second-order valence-electron chi connectivity index (χ2n) is 3.76.